The molecule has 158 valence electrons. The van der Waals surface area contributed by atoms with E-state index in [2.05, 4.69) is 10.3 Å². The normalized spacial score (nSPS) is 11.1. The van der Waals surface area contributed by atoms with E-state index >= 15 is 0 Å². The van der Waals surface area contributed by atoms with Crippen LogP contribution in [0.15, 0.2) is 57.8 Å². The maximum absolute atomic E-state index is 13.8. The molecule has 2 aromatic heterocycles. The lowest BCUT2D eigenvalue weighted by Gasteiger charge is -2.13. The van der Waals surface area contributed by atoms with Gasteiger partial charge in [-0.3, -0.25) is 14.2 Å². The van der Waals surface area contributed by atoms with Gasteiger partial charge in [0, 0.05) is 5.69 Å². The highest BCUT2D eigenvalue weighted by Crippen LogP contribution is 2.27. The average Bonchev–Trinajstić information content (AvgIpc) is 3.20. The second-order valence-corrected chi connectivity index (χ2v) is 9.24. The van der Waals surface area contributed by atoms with Crippen LogP contribution in [0.2, 0.25) is 10.0 Å². The molecular formula is C21H14Cl2FN3O2S2. The number of aromatic nitrogens is 2. The highest BCUT2D eigenvalue weighted by atomic mass is 35.5. The minimum Gasteiger partial charge on any atom is -0.325 e. The molecule has 0 aliphatic carbocycles. The van der Waals surface area contributed by atoms with Gasteiger partial charge in [0.2, 0.25) is 5.91 Å². The number of benzene rings is 2. The van der Waals surface area contributed by atoms with Crippen LogP contribution >= 0.6 is 46.3 Å². The molecule has 0 bridgehead atoms. The molecule has 0 unspecified atom stereocenters. The van der Waals surface area contributed by atoms with Gasteiger partial charge in [-0.15, -0.1) is 11.3 Å². The molecule has 4 aromatic rings. The Morgan fingerprint density at radius 1 is 1.19 bits per heavy atom. The fourth-order valence-corrected chi connectivity index (χ4v) is 4.76. The molecule has 5 nitrogen and oxygen atoms in total. The summed E-state index contributed by atoms with van der Waals surface area (Å²) in [5, 5.41) is 5.58. The molecule has 0 radical (unpaired) electrons. The van der Waals surface area contributed by atoms with Crippen molar-refractivity contribution in [3.05, 3.63) is 79.6 Å². The number of anilines is 1. The van der Waals surface area contributed by atoms with Crippen molar-refractivity contribution >= 4 is 68.1 Å². The third-order valence-electron chi connectivity index (χ3n) is 4.38. The largest absolute Gasteiger partial charge is 0.325 e. The first kappa shape index (κ1) is 21.8. The Morgan fingerprint density at radius 2 is 2.00 bits per heavy atom. The Morgan fingerprint density at radius 3 is 2.74 bits per heavy atom. The van der Waals surface area contributed by atoms with Gasteiger partial charge in [0.15, 0.2) is 5.16 Å². The molecule has 0 aliphatic rings. The fourth-order valence-electron chi connectivity index (χ4n) is 2.89. The second kappa shape index (κ2) is 9.00. The smallest absolute Gasteiger partial charge is 0.276 e. The van der Waals surface area contributed by atoms with Crippen LogP contribution in [0.1, 0.15) is 5.56 Å². The van der Waals surface area contributed by atoms with Crippen molar-refractivity contribution in [1.29, 1.82) is 0 Å². The Kier molecular flexibility index (Phi) is 6.34. The third-order valence-corrected chi connectivity index (χ3v) is 6.95. The maximum Gasteiger partial charge on any atom is 0.276 e. The molecule has 10 heteroatoms. The summed E-state index contributed by atoms with van der Waals surface area (Å²) in [5.74, 6) is -0.662. The van der Waals surface area contributed by atoms with Crippen LogP contribution in [0.25, 0.3) is 15.9 Å². The van der Waals surface area contributed by atoms with Gasteiger partial charge in [0.1, 0.15) is 10.5 Å². The standard InChI is InChI=1S/C21H14Cl2FN3O2S2/c1-11-8-13(3-5-16(11)24)27-20(29)19-17(6-7-30-19)26-21(27)31-10-18(28)25-12-2-4-14(22)15(23)9-12/h2-9H,10H2,1H3,(H,25,28). The predicted octanol–water partition coefficient (Wildman–Crippen LogP) is 5.93. The molecule has 0 saturated carbocycles. The van der Waals surface area contributed by atoms with E-state index in [4.69, 9.17) is 23.2 Å². The van der Waals surface area contributed by atoms with Gasteiger partial charge in [0.05, 0.1) is 27.0 Å². The number of hydrogen-bond acceptors (Lipinski definition) is 5. The van der Waals surface area contributed by atoms with E-state index in [0.29, 0.717) is 42.4 Å². The summed E-state index contributed by atoms with van der Waals surface area (Å²) in [4.78, 5) is 30.1. The number of fused-ring (bicyclic) bond motifs is 1. The first-order chi connectivity index (χ1) is 14.8. The van der Waals surface area contributed by atoms with Crippen LogP contribution in [0.5, 0.6) is 0 Å². The van der Waals surface area contributed by atoms with Gasteiger partial charge in [-0.25, -0.2) is 9.37 Å². The lowest BCUT2D eigenvalue weighted by atomic mass is 10.2. The van der Waals surface area contributed by atoms with E-state index in [9.17, 15) is 14.0 Å². The number of nitrogens with one attached hydrogen (secondary N) is 1. The molecule has 31 heavy (non-hydrogen) atoms. The summed E-state index contributed by atoms with van der Waals surface area (Å²) in [6.07, 6.45) is 0. The van der Waals surface area contributed by atoms with Crippen LogP contribution in [0.3, 0.4) is 0 Å². The van der Waals surface area contributed by atoms with Crippen LogP contribution in [0, 0.1) is 12.7 Å². The molecule has 0 aliphatic heterocycles. The van der Waals surface area contributed by atoms with E-state index < -0.39 is 0 Å². The van der Waals surface area contributed by atoms with Crippen LogP contribution < -0.4 is 10.9 Å². The third kappa shape index (κ3) is 4.62. The number of thioether (sulfide) groups is 1. The number of halogens is 3. The van der Waals surface area contributed by atoms with Crippen LogP contribution in [-0.2, 0) is 4.79 Å². The van der Waals surface area contributed by atoms with Crippen molar-refractivity contribution in [3.63, 3.8) is 0 Å². The zero-order chi connectivity index (χ0) is 22.1. The quantitative estimate of drug-likeness (QED) is 0.276. The van der Waals surface area contributed by atoms with Gasteiger partial charge in [-0.05, 0) is 60.3 Å². The first-order valence-corrected chi connectivity index (χ1v) is 11.6. The number of hydrogen-bond donors (Lipinski definition) is 1. The Balaban J connectivity index is 1.64. The maximum atomic E-state index is 13.8. The lowest BCUT2D eigenvalue weighted by molar-refractivity contribution is -0.113. The average molecular weight is 494 g/mol. The lowest BCUT2D eigenvalue weighted by Crippen LogP contribution is -2.22. The fraction of sp³-hybridized carbons (Fsp3) is 0.0952. The van der Waals surface area contributed by atoms with Gasteiger partial charge in [0.25, 0.3) is 5.56 Å². The van der Waals surface area contributed by atoms with Gasteiger partial charge in [-0.1, -0.05) is 35.0 Å². The zero-order valence-corrected chi connectivity index (χ0v) is 19.1. The summed E-state index contributed by atoms with van der Waals surface area (Å²) in [6, 6.07) is 10.9. The van der Waals surface area contributed by atoms with E-state index in [1.54, 1.807) is 42.6 Å². The van der Waals surface area contributed by atoms with E-state index in [0.717, 1.165) is 11.8 Å². The first-order valence-electron chi connectivity index (χ1n) is 8.98. The van der Waals surface area contributed by atoms with Crippen molar-refractivity contribution in [2.75, 3.05) is 11.1 Å². The second-order valence-electron chi connectivity index (χ2n) is 6.57. The molecule has 2 aromatic carbocycles. The molecule has 0 spiro atoms. The summed E-state index contributed by atoms with van der Waals surface area (Å²) < 4.78 is 15.7. The summed E-state index contributed by atoms with van der Waals surface area (Å²) in [6.45, 7) is 1.62. The minimum atomic E-state index is -0.364. The number of aryl methyl sites for hydroxylation is 1. The number of carbonyl (C=O) groups excluding carboxylic acids is 1. The minimum absolute atomic E-state index is 0.00249. The van der Waals surface area contributed by atoms with Crippen molar-refractivity contribution in [3.8, 4) is 5.69 Å². The highest BCUT2D eigenvalue weighted by molar-refractivity contribution is 7.99. The highest BCUT2D eigenvalue weighted by Gasteiger charge is 2.16. The SMILES string of the molecule is Cc1cc(-n2c(SCC(=O)Nc3ccc(Cl)c(Cl)c3)nc3ccsc3c2=O)ccc1F. The number of thiophene rings is 1. The molecule has 4 rings (SSSR count). The molecule has 1 N–H and O–H groups in total. The summed E-state index contributed by atoms with van der Waals surface area (Å²) >= 11 is 14.3. The number of rotatable bonds is 5. The monoisotopic (exact) mass is 493 g/mol. The van der Waals surface area contributed by atoms with E-state index in [1.807, 2.05) is 0 Å². The molecule has 0 saturated heterocycles. The molecule has 0 fully saturated rings. The van der Waals surface area contributed by atoms with E-state index in [1.165, 1.54) is 28.0 Å². The van der Waals surface area contributed by atoms with E-state index in [-0.39, 0.29) is 23.0 Å². The van der Waals surface area contributed by atoms with Crippen LogP contribution in [0.4, 0.5) is 10.1 Å². The van der Waals surface area contributed by atoms with Crippen molar-refractivity contribution < 1.29 is 9.18 Å². The van der Waals surface area contributed by atoms with Gasteiger partial charge in [-0.2, -0.15) is 0 Å². The summed E-state index contributed by atoms with van der Waals surface area (Å²) in [5.41, 5.74) is 1.69. The Hall–Kier alpha value is -2.39. The number of amides is 1. The number of nitrogens with zero attached hydrogens (tertiary/aromatic N) is 2. The van der Waals surface area contributed by atoms with Crippen molar-refractivity contribution in [1.82, 2.24) is 9.55 Å². The topological polar surface area (TPSA) is 64.0 Å². The predicted molar refractivity (Wildman–Crippen MR) is 126 cm³/mol. The molecule has 0 atom stereocenters. The zero-order valence-electron chi connectivity index (χ0n) is 16.0. The molecule has 1 amide bonds. The molecular weight excluding hydrogens is 480 g/mol. The molecule has 2 heterocycles. The number of carbonyl (C=O) groups is 1. The van der Waals surface area contributed by atoms with Crippen molar-refractivity contribution in [2.45, 2.75) is 12.1 Å². The van der Waals surface area contributed by atoms with Gasteiger partial charge < -0.3 is 5.32 Å². The van der Waals surface area contributed by atoms with Crippen molar-refractivity contribution in [2.24, 2.45) is 0 Å². The Labute approximate surface area is 194 Å². The Bertz CT molecular complexity index is 1370. The van der Waals surface area contributed by atoms with Gasteiger partial charge >= 0.3 is 0 Å². The summed E-state index contributed by atoms with van der Waals surface area (Å²) in [7, 11) is 0. The van der Waals surface area contributed by atoms with Crippen LogP contribution in [-0.4, -0.2) is 21.2 Å².